The zero-order valence-corrected chi connectivity index (χ0v) is 20.9. The fraction of sp³-hybridized carbons (Fsp3) is 0.464. The van der Waals surface area contributed by atoms with E-state index < -0.39 is 6.04 Å². The van der Waals surface area contributed by atoms with Crippen LogP contribution in [0, 0.1) is 6.92 Å². The Kier molecular flexibility index (Phi) is 7.86. The normalized spacial score (nSPS) is 18.9. The lowest BCUT2D eigenvalue weighted by atomic mass is 9.95. The highest BCUT2D eigenvalue weighted by molar-refractivity contribution is 5.90. The van der Waals surface area contributed by atoms with E-state index >= 15 is 0 Å². The largest absolute Gasteiger partial charge is 0.343 e. The van der Waals surface area contributed by atoms with Crippen molar-refractivity contribution in [1.82, 2.24) is 20.4 Å². The molecule has 2 aromatic carbocycles. The highest BCUT2D eigenvalue weighted by atomic mass is 16.2. The molecule has 1 fully saturated rings. The van der Waals surface area contributed by atoms with Gasteiger partial charge in [-0.15, -0.1) is 0 Å². The maximum absolute atomic E-state index is 13.6. The van der Waals surface area contributed by atoms with Crippen LogP contribution in [-0.4, -0.2) is 65.8 Å². The number of rotatable bonds is 6. The molecule has 1 unspecified atom stereocenters. The van der Waals surface area contributed by atoms with Gasteiger partial charge in [-0.3, -0.25) is 14.4 Å². The van der Waals surface area contributed by atoms with Gasteiger partial charge in [0.2, 0.25) is 17.7 Å². The first-order chi connectivity index (χ1) is 16.8. The summed E-state index contributed by atoms with van der Waals surface area (Å²) in [4.78, 5) is 42.2. The predicted molar refractivity (Wildman–Crippen MR) is 136 cm³/mol. The Balaban J connectivity index is 1.45. The van der Waals surface area contributed by atoms with Crippen molar-refractivity contribution >= 4 is 17.7 Å². The highest BCUT2D eigenvalue weighted by Gasteiger charge is 2.33. The van der Waals surface area contributed by atoms with Crippen LogP contribution in [0.25, 0.3) is 0 Å². The second kappa shape index (κ2) is 11.0. The first-order valence-corrected chi connectivity index (χ1v) is 12.5. The maximum Gasteiger partial charge on any atom is 0.245 e. The van der Waals surface area contributed by atoms with Crippen molar-refractivity contribution in [3.63, 3.8) is 0 Å². The lowest BCUT2D eigenvalue weighted by Gasteiger charge is -2.38. The molecule has 3 amide bonds. The average molecular weight is 477 g/mol. The number of piperidine rings is 1. The number of carbonyl (C=O) groups excluding carboxylic acids is 3. The summed E-state index contributed by atoms with van der Waals surface area (Å²) in [6.07, 6.45) is 2.54. The topological polar surface area (TPSA) is 81.8 Å². The summed E-state index contributed by atoms with van der Waals surface area (Å²) in [5.74, 6) is -0.156. The molecule has 2 N–H and O–H groups in total. The summed E-state index contributed by atoms with van der Waals surface area (Å²) >= 11 is 0. The minimum Gasteiger partial charge on any atom is -0.343 e. The van der Waals surface area contributed by atoms with Gasteiger partial charge in [-0.1, -0.05) is 54.1 Å². The third kappa shape index (κ3) is 6.09. The van der Waals surface area contributed by atoms with Crippen molar-refractivity contribution in [1.29, 1.82) is 0 Å². The van der Waals surface area contributed by atoms with Gasteiger partial charge in [0.15, 0.2) is 0 Å². The van der Waals surface area contributed by atoms with Crippen molar-refractivity contribution in [2.24, 2.45) is 0 Å². The predicted octanol–water partition coefficient (Wildman–Crippen LogP) is 2.21. The molecule has 2 atom stereocenters. The number of nitrogens with one attached hydrogen (secondary N) is 2. The van der Waals surface area contributed by atoms with E-state index in [0.29, 0.717) is 32.5 Å². The Bertz CT molecular complexity index is 1060. The van der Waals surface area contributed by atoms with E-state index in [9.17, 15) is 14.4 Å². The van der Waals surface area contributed by atoms with Crippen LogP contribution in [-0.2, 0) is 33.8 Å². The van der Waals surface area contributed by atoms with Crippen LogP contribution in [0.15, 0.2) is 48.5 Å². The molecule has 7 heteroatoms. The molecule has 0 aliphatic carbocycles. The van der Waals surface area contributed by atoms with E-state index in [0.717, 1.165) is 24.0 Å². The number of hydrogen-bond acceptors (Lipinski definition) is 4. The molecule has 0 saturated carbocycles. The van der Waals surface area contributed by atoms with Crippen LogP contribution in [0.2, 0.25) is 0 Å². The number of nitrogens with zero attached hydrogens (tertiary/aromatic N) is 2. The molecule has 35 heavy (non-hydrogen) atoms. The van der Waals surface area contributed by atoms with Gasteiger partial charge in [0.1, 0.15) is 6.04 Å². The molecular formula is C28H36N4O3. The minimum absolute atomic E-state index is 0.0424. The van der Waals surface area contributed by atoms with E-state index in [1.165, 1.54) is 11.1 Å². The Morgan fingerprint density at radius 1 is 1.06 bits per heavy atom. The SMILES string of the molecule is CC(=O)N(C)C1CCN(C(=O)[C@@H](Cc2ccc(C)cc2)NC(=O)C2Cc3ccccc3CN2)CC1. The van der Waals surface area contributed by atoms with Crippen LogP contribution in [0.5, 0.6) is 0 Å². The molecule has 2 aliphatic rings. The van der Waals surface area contributed by atoms with E-state index in [-0.39, 0.29) is 29.8 Å². The summed E-state index contributed by atoms with van der Waals surface area (Å²) in [5.41, 5.74) is 4.55. The molecule has 7 nitrogen and oxygen atoms in total. The van der Waals surface area contributed by atoms with Gasteiger partial charge in [0, 0.05) is 46.1 Å². The lowest BCUT2D eigenvalue weighted by molar-refractivity contribution is -0.139. The van der Waals surface area contributed by atoms with Gasteiger partial charge in [-0.25, -0.2) is 0 Å². The second-order valence-electron chi connectivity index (χ2n) is 9.84. The van der Waals surface area contributed by atoms with Crippen molar-refractivity contribution in [2.75, 3.05) is 20.1 Å². The van der Waals surface area contributed by atoms with Crippen LogP contribution in [0.4, 0.5) is 0 Å². The van der Waals surface area contributed by atoms with E-state index in [1.54, 1.807) is 11.8 Å². The Hall–Kier alpha value is -3.19. The number of hydrogen-bond donors (Lipinski definition) is 2. The lowest BCUT2D eigenvalue weighted by Crippen LogP contribution is -2.57. The number of fused-ring (bicyclic) bond motifs is 1. The molecule has 2 aromatic rings. The summed E-state index contributed by atoms with van der Waals surface area (Å²) in [5, 5.41) is 6.40. The van der Waals surface area contributed by atoms with Gasteiger partial charge in [-0.2, -0.15) is 0 Å². The summed E-state index contributed by atoms with van der Waals surface area (Å²) in [6, 6.07) is 15.4. The number of benzene rings is 2. The van der Waals surface area contributed by atoms with Crippen molar-refractivity contribution in [3.8, 4) is 0 Å². The Labute approximate surface area is 207 Å². The molecule has 4 rings (SSSR count). The summed E-state index contributed by atoms with van der Waals surface area (Å²) in [7, 11) is 1.82. The zero-order chi connectivity index (χ0) is 24.9. The number of carbonyl (C=O) groups is 3. The minimum atomic E-state index is -0.633. The smallest absolute Gasteiger partial charge is 0.245 e. The van der Waals surface area contributed by atoms with Gasteiger partial charge < -0.3 is 20.4 Å². The van der Waals surface area contributed by atoms with Crippen LogP contribution >= 0.6 is 0 Å². The van der Waals surface area contributed by atoms with Gasteiger partial charge in [-0.05, 0) is 42.9 Å². The molecule has 1 saturated heterocycles. The van der Waals surface area contributed by atoms with Crippen LogP contribution in [0.1, 0.15) is 42.0 Å². The van der Waals surface area contributed by atoms with Crippen LogP contribution < -0.4 is 10.6 Å². The van der Waals surface area contributed by atoms with Crippen molar-refractivity contribution < 1.29 is 14.4 Å². The molecule has 2 heterocycles. The fourth-order valence-electron chi connectivity index (χ4n) is 5.02. The van der Waals surface area contributed by atoms with Crippen molar-refractivity contribution in [2.45, 2.75) is 64.2 Å². The average Bonchev–Trinajstić information content (AvgIpc) is 2.88. The molecule has 0 radical (unpaired) electrons. The van der Waals surface area contributed by atoms with Crippen molar-refractivity contribution in [3.05, 3.63) is 70.8 Å². The number of amides is 3. The van der Waals surface area contributed by atoms with Crippen LogP contribution in [0.3, 0.4) is 0 Å². The first kappa shape index (κ1) is 24.9. The number of aryl methyl sites for hydroxylation is 1. The maximum atomic E-state index is 13.6. The Morgan fingerprint density at radius 3 is 2.37 bits per heavy atom. The molecule has 0 spiro atoms. The second-order valence-corrected chi connectivity index (χ2v) is 9.84. The standard InChI is InChI=1S/C28H36N4O3/c1-19-8-10-21(11-9-19)16-26(28(35)32-14-12-24(13-15-32)31(3)20(2)33)30-27(34)25-17-22-6-4-5-7-23(22)18-29-25/h4-11,24-26,29H,12-18H2,1-3H3,(H,30,34)/t25?,26-/m1/s1. The summed E-state index contributed by atoms with van der Waals surface area (Å²) < 4.78 is 0. The molecule has 0 bridgehead atoms. The van der Waals surface area contributed by atoms with E-state index in [2.05, 4.69) is 22.8 Å². The quantitative estimate of drug-likeness (QED) is 0.670. The first-order valence-electron chi connectivity index (χ1n) is 12.5. The Morgan fingerprint density at radius 2 is 1.71 bits per heavy atom. The summed E-state index contributed by atoms with van der Waals surface area (Å²) in [6.45, 7) is 5.40. The van der Waals surface area contributed by atoms with Gasteiger partial charge in [0.05, 0.1) is 6.04 Å². The monoisotopic (exact) mass is 476 g/mol. The van der Waals surface area contributed by atoms with E-state index in [1.807, 2.05) is 55.3 Å². The molecule has 0 aromatic heterocycles. The number of likely N-dealkylation sites (tertiary alicyclic amines) is 1. The molecular weight excluding hydrogens is 440 g/mol. The van der Waals surface area contributed by atoms with Gasteiger partial charge >= 0.3 is 0 Å². The third-order valence-corrected chi connectivity index (χ3v) is 7.39. The van der Waals surface area contributed by atoms with E-state index in [4.69, 9.17) is 0 Å². The highest BCUT2D eigenvalue weighted by Crippen LogP contribution is 2.19. The third-order valence-electron chi connectivity index (χ3n) is 7.39. The molecule has 186 valence electrons. The van der Waals surface area contributed by atoms with Gasteiger partial charge in [0.25, 0.3) is 0 Å². The molecule has 2 aliphatic heterocycles. The zero-order valence-electron chi connectivity index (χ0n) is 20.9. The fourth-order valence-corrected chi connectivity index (χ4v) is 5.02.